The number of nitrogens with zero attached hydrogens (tertiary/aromatic N) is 8. The largest absolute Gasteiger partial charge is 0.350 e. The van der Waals surface area contributed by atoms with Gasteiger partial charge < -0.3 is 21.3 Å². The first kappa shape index (κ1) is 96.5. The number of allylic oxidation sites excluding steroid dienone is 1. The van der Waals surface area contributed by atoms with Crippen LogP contribution in [0.5, 0.6) is 0 Å². The van der Waals surface area contributed by atoms with Crippen LogP contribution in [-0.4, -0.2) is 88.9 Å². The van der Waals surface area contributed by atoms with Crippen molar-refractivity contribution in [2.24, 2.45) is 92.7 Å². The standard InChI is InChI=1S/C33H39N3OS.C26H26BrCl2N3OS.C26H26BrF2N3OS.C26H26ClF2N3OS/c1-19-8-10-21(11-9-19)18-36-31-26(15-22-6-5-7-28-25(29(22)31)14-20(2)38-28)30(35-36)32(37)34-17-23-12-13-24-16-27(23)33(24,3)4;3*1-26(2)14-4-3-13(18(26)9-14)12-30-25(33)23-16-6-8-21-17(11-22(27)34-21)24(16)32(31-23)20-7-5-15(28)10-19(20)29/h8-11,14,23-24,27H,5-7,12-13,15-18H2,1-4H3,(H,34,37);3*5,7,10-11,13-14,18H,3-4,6,8-9,12H2,1-2H3,(H,30,33). The summed E-state index contributed by atoms with van der Waals surface area (Å²) in [6.45, 7) is 26.8. The van der Waals surface area contributed by atoms with E-state index in [0.717, 1.165) is 181 Å². The Morgan fingerprint density at radius 3 is 1.21 bits per heavy atom. The number of carbonyl (C=O) groups is 4. The van der Waals surface area contributed by atoms with E-state index in [-0.39, 0.29) is 35.0 Å². The predicted octanol–water partition coefficient (Wildman–Crippen LogP) is 27.7. The van der Waals surface area contributed by atoms with E-state index in [1.165, 1.54) is 169 Å². The van der Waals surface area contributed by atoms with E-state index in [1.807, 2.05) is 34.2 Å². The van der Waals surface area contributed by atoms with Crippen LogP contribution in [0.15, 0.2) is 116 Å². The van der Waals surface area contributed by atoms with E-state index in [4.69, 9.17) is 45.0 Å². The quantitative estimate of drug-likeness (QED) is 0.0648. The molecule has 4 N–H and O–H groups in total. The maximum Gasteiger partial charge on any atom is 0.272 e. The number of hydrogen-bond donors (Lipinski definition) is 4. The number of aryl methyl sites for hydroxylation is 6. The fourth-order valence-corrected chi connectivity index (χ4v) is 33.8. The van der Waals surface area contributed by atoms with Crippen molar-refractivity contribution in [3.63, 3.8) is 0 Å². The smallest absolute Gasteiger partial charge is 0.272 e. The zero-order valence-corrected chi connectivity index (χ0v) is 89.3. The first-order chi connectivity index (χ1) is 67.0. The third-order valence-electron chi connectivity index (χ3n) is 35.8. The van der Waals surface area contributed by atoms with E-state index in [2.05, 4.69) is 174 Å². The van der Waals surface area contributed by atoms with Gasteiger partial charge in [-0.1, -0.05) is 126 Å². The molecule has 12 aromatic rings. The van der Waals surface area contributed by atoms with Crippen LogP contribution in [-0.2, 0) is 57.9 Å². The summed E-state index contributed by atoms with van der Waals surface area (Å²) >= 11 is 33.0. The molecule has 12 unspecified atom stereocenters. The maximum absolute atomic E-state index is 14.8. The van der Waals surface area contributed by atoms with Crippen molar-refractivity contribution in [3.8, 4) is 50.8 Å². The van der Waals surface area contributed by atoms with Gasteiger partial charge in [-0.2, -0.15) is 20.4 Å². The van der Waals surface area contributed by atoms with E-state index in [0.29, 0.717) is 138 Å². The molecule has 17 aliphatic rings. The minimum Gasteiger partial charge on any atom is -0.350 e. The molecule has 0 radical (unpaired) electrons. The average molecular weight is 2150 g/mol. The van der Waals surface area contributed by atoms with Gasteiger partial charge in [0.25, 0.3) is 23.6 Å². The van der Waals surface area contributed by atoms with Crippen molar-refractivity contribution in [1.29, 1.82) is 0 Å². The highest BCUT2D eigenvalue weighted by Gasteiger charge is 2.58. The van der Waals surface area contributed by atoms with Crippen molar-refractivity contribution in [3.05, 3.63) is 246 Å². The molecule has 29 rings (SSSR count). The highest BCUT2D eigenvalue weighted by atomic mass is 79.9. The van der Waals surface area contributed by atoms with Gasteiger partial charge in [0.15, 0.2) is 34.4 Å². The van der Waals surface area contributed by atoms with Crippen LogP contribution in [0.25, 0.3) is 56.4 Å². The second-order valence-corrected chi connectivity index (χ2v) is 53.4. The van der Waals surface area contributed by atoms with Crippen LogP contribution in [0.4, 0.5) is 17.6 Å². The molecule has 0 spiro atoms. The average Bonchev–Trinajstić information content (AvgIpc) is 1.56. The molecule has 4 aromatic carbocycles. The van der Waals surface area contributed by atoms with Crippen LogP contribution in [0.1, 0.15) is 256 Å². The van der Waals surface area contributed by atoms with Gasteiger partial charge in [0.2, 0.25) is 0 Å². The van der Waals surface area contributed by atoms with Crippen LogP contribution in [0.3, 0.4) is 0 Å². The summed E-state index contributed by atoms with van der Waals surface area (Å²) in [6, 6.07) is 29.3. The van der Waals surface area contributed by atoms with Gasteiger partial charge >= 0.3 is 0 Å². The molecule has 12 saturated carbocycles. The second kappa shape index (κ2) is 37.3. The summed E-state index contributed by atoms with van der Waals surface area (Å²) in [7, 11) is 0. The Hall–Kier alpha value is -8.31. The van der Waals surface area contributed by atoms with Crippen molar-refractivity contribution >= 4 is 141 Å². The molecule has 8 aromatic heterocycles. The summed E-state index contributed by atoms with van der Waals surface area (Å²) in [5.41, 5.74) is 21.3. The van der Waals surface area contributed by atoms with Gasteiger partial charge in [0.1, 0.15) is 23.0 Å². The van der Waals surface area contributed by atoms with E-state index in [1.54, 1.807) is 34.8 Å². The Morgan fingerprint density at radius 1 is 0.414 bits per heavy atom. The van der Waals surface area contributed by atoms with Crippen molar-refractivity contribution in [2.75, 3.05) is 26.2 Å². The molecule has 29 heteroatoms. The molecule has 732 valence electrons. The fraction of sp³-hybridized carbons (Fsp3) is 0.477. The Balaban J connectivity index is 0.000000107. The number of thiophene rings is 4. The second-order valence-electron chi connectivity index (χ2n) is 44.4. The van der Waals surface area contributed by atoms with E-state index >= 15 is 0 Å². The van der Waals surface area contributed by atoms with Crippen LogP contribution in [0, 0.1) is 130 Å². The highest BCUT2D eigenvalue weighted by molar-refractivity contribution is 9.11. The van der Waals surface area contributed by atoms with Crippen molar-refractivity contribution in [2.45, 2.75) is 217 Å². The number of aromatic nitrogens is 8. The monoisotopic (exact) mass is 2150 g/mol. The molecule has 140 heavy (non-hydrogen) atoms. The van der Waals surface area contributed by atoms with Gasteiger partial charge in [0.05, 0.1) is 51.9 Å². The van der Waals surface area contributed by atoms with Gasteiger partial charge in [-0.25, -0.2) is 31.6 Å². The summed E-state index contributed by atoms with van der Waals surface area (Å²) in [5.74, 6) is 4.94. The summed E-state index contributed by atoms with van der Waals surface area (Å²) in [6.07, 6.45) is 23.7. The first-order valence-electron chi connectivity index (χ1n) is 50.2. The normalized spacial score (nSPS) is 24.4. The fourth-order valence-electron chi connectivity index (χ4n) is 27.6. The lowest BCUT2D eigenvalue weighted by Crippen LogP contribution is -2.54. The summed E-state index contributed by atoms with van der Waals surface area (Å²) in [4.78, 5) is 60.4. The number of nitrogens with one attached hydrogen (secondary N) is 4. The van der Waals surface area contributed by atoms with Crippen LogP contribution < -0.4 is 21.3 Å². The first-order valence-corrected chi connectivity index (χ1v) is 56.2. The van der Waals surface area contributed by atoms with Crippen molar-refractivity contribution < 1.29 is 36.7 Å². The lowest BCUT2D eigenvalue weighted by Gasteiger charge is -2.60. The van der Waals surface area contributed by atoms with Crippen molar-refractivity contribution in [1.82, 2.24) is 60.4 Å². The number of fused-ring (bicyclic) bond motifs is 21. The van der Waals surface area contributed by atoms with Gasteiger partial charge in [0, 0.05) is 112 Å². The maximum atomic E-state index is 14.8. The van der Waals surface area contributed by atoms with E-state index in [9.17, 15) is 36.7 Å². The molecule has 12 fully saturated rings. The Kier molecular flexibility index (Phi) is 25.7. The molecule has 17 aliphatic carbocycles. The summed E-state index contributed by atoms with van der Waals surface area (Å²) < 4.78 is 66.4. The number of hydrogen-bond acceptors (Lipinski definition) is 12. The van der Waals surface area contributed by atoms with Crippen LogP contribution in [0.2, 0.25) is 14.4 Å². The minimum absolute atomic E-state index is 0.0162. The molecule has 4 amide bonds. The molecule has 0 aliphatic heterocycles. The number of amides is 4. The Bertz CT molecular complexity index is 6560. The Labute approximate surface area is 863 Å². The molecule has 8 bridgehead atoms. The summed E-state index contributed by atoms with van der Waals surface area (Å²) in [5, 5.41) is 33.1. The highest BCUT2D eigenvalue weighted by Crippen LogP contribution is 2.65. The Morgan fingerprint density at radius 2 is 0.807 bits per heavy atom. The number of halogens is 9. The molecular weight excluding hydrogens is 2040 g/mol. The molecule has 16 nitrogen and oxygen atoms in total. The lowest BCUT2D eigenvalue weighted by molar-refractivity contribution is -0.103. The zero-order chi connectivity index (χ0) is 97.5. The third kappa shape index (κ3) is 17.2. The molecule has 0 saturated heterocycles. The number of benzene rings is 4. The van der Waals surface area contributed by atoms with E-state index < -0.39 is 23.3 Å². The topological polar surface area (TPSA) is 188 Å². The minimum atomic E-state index is -0.727. The molecule has 12 atom stereocenters. The van der Waals surface area contributed by atoms with Crippen LogP contribution >= 0.6 is 112 Å². The molecular formula is C111H117Br2Cl3F4N12O4S4. The lowest BCUT2D eigenvalue weighted by atomic mass is 9.45. The third-order valence-corrected chi connectivity index (χ3v) is 42.2. The number of rotatable bonds is 17. The zero-order valence-electron chi connectivity index (χ0n) is 80.6. The predicted molar refractivity (Wildman–Crippen MR) is 559 cm³/mol. The van der Waals surface area contributed by atoms with Gasteiger partial charge in [-0.15, -0.1) is 45.3 Å². The SMILES string of the molecule is CC1(C)C2CCC(CNC(=O)c3nn(-c4ccc(Cl)cc4Cl)c4c3CCc3sc(Br)cc3-4)C1C2.CC1(C)C2CCC(CNC(=O)c3nn(-c4ccc(F)cc4F)c4c3CCc3sc(Br)cc3-4)C1C2.CC1(C)C2CCC(CNC(=O)c3nn(-c4ccc(F)cc4F)c4c3CCc3sc(Cl)cc3-4)C1C2.Cc1ccc(Cn2nc(C(=O)NCC3CCC4CC3C4(C)C)c3c2C2=C(CCCc4sc(C)cc42)C3)cc1. The van der Waals surface area contributed by atoms with Gasteiger partial charge in [-0.3, -0.25) is 23.9 Å². The number of carbonyl (C=O) groups excluding carboxylic acids is 4. The molecule has 8 heterocycles. The van der Waals surface area contributed by atoms with Gasteiger partial charge in [-0.05, 0) is 357 Å².